The number of aromatic nitrogens is 1. The van der Waals surface area contributed by atoms with E-state index in [1.807, 2.05) is 18.2 Å². The molecule has 2 aromatic carbocycles. The maximum atomic E-state index is 13.9. The first kappa shape index (κ1) is 20.1. The number of nitrogens with zero attached hydrogens (tertiary/aromatic N) is 1. The summed E-state index contributed by atoms with van der Waals surface area (Å²) in [6.07, 6.45) is 0.537. The Kier molecular flexibility index (Phi) is 5.46. The van der Waals surface area contributed by atoms with Crippen molar-refractivity contribution in [3.8, 4) is 0 Å². The van der Waals surface area contributed by atoms with Crippen LogP contribution in [-0.2, 0) is 22.9 Å². The first-order valence-corrected chi connectivity index (χ1v) is 11.5. The fraction of sp³-hybridized carbons (Fsp3) is 0.286. The summed E-state index contributed by atoms with van der Waals surface area (Å²) in [5.74, 6) is -0.176. The Bertz CT molecular complexity index is 1240. The normalized spacial score (nSPS) is 18.3. The molecule has 1 fully saturated rings. The average molecular weight is 435 g/mol. The van der Waals surface area contributed by atoms with Crippen molar-refractivity contribution in [1.29, 1.82) is 0 Å². The number of hydrogen-bond acceptors (Lipinski definition) is 4. The van der Waals surface area contributed by atoms with E-state index in [1.165, 1.54) is 16.7 Å². The molecule has 0 saturated carbocycles. The van der Waals surface area contributed by atoms with Gasteiger partial charge in [-0.1, -0.05) is 29.8 Å². The van der Waals surface area contributed by atoms with Gasteiger partial charge in [0, 0.05) is 23.2 Å². The molecule has 1 saturated heterocycles. The Hall–Kier alpha value is -2.22. The van der Waals surface area contributed by atoms with Crippen LogP contribution >= 0.6 is 11.6 Å². The number of rotatable bonds is 5. The van der Waals surface area contributed by atoms with Gasteiger partial charge in [0.2, 0.25) is 0 Å². The summed E-state index contributed by atoms with van der Waals surface area (Å²) in [6.45, 7) is 0.457. The highest BCUT2D eigenvalue weighted by Gasteiger charge is 2.27. The zero-order chi connectivity index (χ0) is 20.6. The van der Waals surface area contributed by atoms with Gasteiger partial charge < -0.3 is 9.88 Å². The highest BCUT2D eigenvalue weighted by atomic mass is 35.5. The zero-order valence-electron chi connectivity index (χ0n) is 15.6. The Morgan fingerprint density at radius 2 is 1.93 bits per heavy atom. The number of hydrogen-bond donors (Lipinski definition) is 1. The predicted molar refractivity (Wildman–Crippen MR) is 113 cm³/mol. The van der Waals surface area contributed by atoms with E-state index in [-0.39, 0.29) is 36.2 Å². The third kappa shape index (κ3) is 4.37. The molecule has 1 atom stereocenters. The second-order valence-electron chi connectivity index (χ2n) is 7.34. The van der Waals surface area contributed by atoms with E-state index >= 15 is 0 Å². The summed E-state index contributed by atoms with van der Waals surface area (Å²) in [7, 11) is -3.01. The molecule has 5 nitrogen and oxygen atoms in total. The molecule has 3 aromatic rings. The molecule has 2 heterocycles. The van der Waals surface area contributed by atoms with E-state index in [0.717, 1.165) is 10.9 Å². The van der Waals surface area contributed by atoms with Gasteiger partial charge in [-0.25, -0.2) is 12.8 Å². The summed E-state index contributed by atoms with van der Waals surface area (Å²) in [4.78, 5) is 13.2. The van der Waals surface area contributed by atoms with Gasteiger partial charge in [-0.15, -0.1) is 0 Å². The fourth-order valence-corrected chi connectivity index (χ4v) is 5.60. The number of benzene rings is 2. The molecule has 152 valence electrons. The molecule has 0 bridgehead atoms. The summed E-state index contributed by atoms with van der Waals surface area (Å²) in [6, 6.07) is 13.1. The van der Waals surface area contributed by atoms with Gasteiger partial charge in [0.1, 0.15) is 5.82 Å². The van der Waals surface area contributed by atoms with E-state index in [0.29, 0.717) is 22.5 Å². The highest BCUT2D eigenvalue weighted by Crippen LogP contribution is 2.21. The molecule has 1 aliphatic heterocycles. The van der Waals surface area contributed by atoms with Gasteiger partial charge in [-0.3, -0.25) is 4.79 Å². The zero-order valence-corrected chi connectivity index (χ0v) is 17.1. The molecular weight excluding hydrogens is 415 g/mol. The molecule has 4 rings (SSSR count). The van der Waals surface area contributed by atoms with Gasteiger partial charge in [-0.05, 0) is 47.7 Å². The minimum Gasteiger partial charge on any atom is -0.309 e. The maximum absolute atomic E-state index is 13.9. The molecule has 1 aromatic heterocycles. The van der Waals surface area contributed by atoms with Crippen LogP contribution in [0, 0.1) is 5.82 Å². The van der Waals surface area contributed by atoms with Gasteiger partial charge in [0.25, 0.3) is 5.56 Å². The summed E-state index contributed by atoms with van der Waals surface area (Å²) < 4.78 is 38.7. The third-order valence-corrected chi connectivity index (χ3v) is 7.37. The molecule has 0 radical (unpaired) electrons. The van der Waals surface area contributed by atoms with Crippen molar-refractivity contribution < 1.29 is 12.8 Å². The van der Waals surface area contributed by atoms with Crippen LogP contribution in [0.2, 0.25) is 5.02 Å². The van der Waals surface area contributed by atoms with Crippen LogP contribution in [-0.4, -0.2) is 30.5 Å². The van der Waals surface area contributed by atoms with Crippen LogP contribution in [0.15, 0.2) is 53.3 Å². The van der Waals surface area contributed by atoms with Gasteiger partial charge in [0.15, 0.2) is 9.84 Å². The lowest BCUT2D eigenvalue weighted by Crippen LogP contribution is -2.33. The lowest BCUT2D eigenvalue weighted by atomic mass is 10.1. The molecule has 0 unspecified atom stereocenters. The molecule has 0 amide bonds. The maximum Gasteiger partial charge on any atom is 0.255 e. The molecular formula is C21H20ClFN2O3S. The molecule has 29 heavy (non-hydrogen) atoms. The average Bonchev–Trinajstić information content (AvgIpc) is 3.03. The summed E-state index contributed by atoms with van der Waals surface area (Å²) >= 11 is 6.26. The monoisotopic (exact) mass is 434 g/mol. The minimum absolute atomic E-state index is 0.0829. The standard InChI is InChI=1S/C21H20ClFN2O3S/c22-19-4-2-1-3-15(19)12-25-20-10-17(23)6-5-14(20)9-16(21(25)26)11-24-18-7-8-29(27,28)13-18/h1-6,9-10,18,24H,7-8,11-13H2/t18-/m0/s1. The smallest absolute Gasteiger partial charge is 0.255 e. The predicted octanol–water partition coefficient (Wildman–Crippen LogP) is 3.12. The Labute approximate surface area is 173 Å². The summed E-state index contributed by atoms with van der Waals surface area (Å²) in [5.41, 5.74) is 1.49. The second-order valence-corrected chi connectivity index (χ2v) is 9.97. The van der Waals surface area contributed by atoms with E-state index < -0.39 is 15.7 Å². The minimum atomic E-state index is -3.01. The van der Waals surface area contributed by atoms with Crippen molar-refractivity contribution in [2.45, 2.75) is 25.6 Å². The molecule has 8 heteroatoms. The molecule has 1 N–H and O–H groups in total. The van der Waals surface area contributed by atoms with Crippen molar-refractivity contribution in [3.63, 3.8) is 0 Å². The summed E-state index contributed by atoms with van der Waals surface area (Å²) in [5, 5.41) is 4.44. The van der Waals surface area contributed by atoms with Gasteiger partial charge in [-0.2, -0.15) is 0 Å². The molecule has 1 aliphatic rings. The largest absolute Gasteiger partial charge is 0.309 e. The first-order chi connectivity index (χ1) is 13.8. The SMILES string of the molecule is O=c1c(CN[C@H]2CCS(=O)(=O)C2)cc2ccc(F)cc2n1Cc1ccccc1Cl. The van der Waals surface area contributed by atoms with Crippen LogP contribution in [0.1, 0.15) is 17.5 Å². The Morgan fingerprint density at radius 3 is 2.66 bits per heavy atom. The number of nitrogens with one attached hydrogen (secondary N) is 1. The number of fused-ring (bicyclic) bond motifs is 1. The first-order valence-electron chi connectivity index (χ1n) is 9.31. The van der Waals surface area contributed by atoms with Crippen molar-refractivity contribution in [1.82, 2.24) is 9.88 Å². The van der Waals surface area contributed by atoms with Crippen LogP contribution in [0.4, 0.5) is 4.39 Å². The third-order valence-electron chi connectivity index (χ3n) is 5.23. The number of halogens is 2. The highest BCUT2D eigenvalue weighted by molar-refractivity contribution is 7.91. The Morgan fingerprint density at radius 1 is 1.14 bits per heavy atom. The van der Waals surface area contributed by atoms with Gasteiger partial charge >= 0.3 is 0 Å². The van der Waals surface area contributed by atoms with Crippen LogP contribution in [0.5, 0.6) is 0 Å². The lowest BCUT2D eigenvalue weighted by Gasteiger charge is -2.16. The van der Waals surface area contributed by atoms with Gasteiger partial charge in [0.05, 0.1) is 23.6 Å². The topological polar surface area (TPSA) is 68.2 Å². The van der Waals surface area contributed by atoms with E-state index in [1.54, 1.807) is 18.2 Å². The van der Waals surface area contributed by atoms with Crippen molar-refractivity contribution in [2.75, 3.05) is 11.5 Å². The van der Waals surface area contributed by atoms with Crippen molar-refractivity contribution >= 4 is 32.3 Å². The second kappa shape index (κ2) is 7.89. The van der Waals surface area contributed by atoms with Crippen LogP contribution in [0.25, 0.3) is 10.9 Å². The van der Waals surface area contributed by atoms with Crippen LogP contribution in [0.3, 0.4) is 0 Å². The van der Waals surface area contributed by atoms with Crippen molar-refractivity contribution in [3.05, 3.63) is 80.9 Å². The van der Waals surface area contributed by atoms with E-state index in [4.69, 9.17) is 11.6 Å². The number of pyridine rings is 1. The molecule has 0 aliphatic carbocycles. The van der Waals surface area contributed by atoms with E-state index in [9.17, 15) is 17.6 Å². The Balaban J connectivity index is 1.72. The quantitative estimate of drug-likeness (QED) is 0.670. The number of sulfone groups is 1. The van der Waals surface area contributed by atoms with Crippen LogP contribution < -0.4 is 10.9 Å². The molecule has 0 spiro atoms. The lowest BCUT2D eigenvalue weighted by molar-refractivity contribution is 0.550. The van der Waals surface area contributed by atoms with E-state index in [2.05, 4.69) is 5.32 Å². The van der Waals surface area contributed by atoms with Crippen molar-refractivity contribution in [2.24, 2.45) is 0 Å². The fourth-order valence-electron chi connectivity index (χ4n) is 3.70.